The lowest BCUT2D eigenvalue weighted by atomic mass is 10.2. The zero-order valence-electron chi connectivity index (χ0n) is 8.71. The Bertz CT molecular complexity index is 182. The number of hydrogen-bond donors (Lipinski definition) is 1. The highest BCUT2D eigenvalue weighted by atomic mass is 16.2. The van der Waals surface area contributed by atoms with Gasteiger partial charge in [0.15, 0.2) is 0 Å². The number of hydrogen-bond acceptors (Lipinski definition) is 2. The molecule has 0 spiro atoms. The molecule has 0 aromatic heterocycles. The summed E-state index contributed by atoms with van der Waals surface area (Å²) in [6.45, 7) is 4.73. The molecule has 1 N–H and O–H groups in total. The van der Waals surface area contributed by atoms with Crippen molar-refractivity contribution in [3.63, 3.8) is 0 Å². The molecule has 1 fully saturated rings. The molecule has 2 amide bonds. The number of carbonyl (C=O) groups is 1. The van der Waals surface area contributed by atoms with E-state index in [1.807, 2.05) is 19.0 Å². The number of rotatable bonds is 3. The standard InChI is InChI=1S/C9H19N3O/c1-8(7-11(2)3)12-6-4-5-10-9(12)13/h8H,4-7H2,1-3H3,(H,10,13). The monoisotopic (exact) mass is 185 g/mol. The minimum Gasteiger partial charge on any atom is -0.338 e. The number of urea groups is 1. The summed E-state index contributed by atoms with van der Waals surface area (Å²) in [5.41, 5.74) is 0. The van der Waals surface area contributed by atoms with Gasteiger partial charge in [0.1, 0.15) is 0 Å². The van der Waals surface area contributed by atoms with Crippen LogP contribution in [0.5, 0.6) is 0 Å². The van der Waals surface area contributed by atoms with Crippen molar-refractivity contribution < 1.29 is 4.79 Å². The number of carbonyl (C=O) groups excluding carboxylic acids is 1. The zero-order chi connectivity index (χ0) is 9.84. The van der Waals surface area contributed by atoms with Crippen LogP contribution in [0.4, 0.5) is 4.79 Å². The third kappa shape index (κ3) is 2.88. The van der Waals surface area contributed by atoms with Crippen LogP contribution in [-0.2, 0) is 0 Å². The van der Waals surface area contributed by atoms with Crippen molar-refractivity contribution in [3.8, 4) is 0 Å². The molecule has 1 aliphatic rings. The predicted molar refractivity (Wildman–Crippen MR) is 52.7 cm³/mol. The van der Waals surface area contributed by atoms with Crippen molar-refractivity contribution >= 4 is 6.03 Å². The van der Waals surface area contributed by atoms with Crippen molar-refractivity contribution in [2.75, 3.05) is 33.7 Å². The van der Waals surface area contributed by atoms with E-state index in [-0.39, 0.29) is 6.03 Å². The molecule has 1 unspecified atom stereocenters. The maximum absolute atomic E-state index is 11.4. The van der Waals surface area contributed by atoms with Crippen LogP contribution in [-0.4, -0.2) is 55.6 Å². The third-order valence-corrected chi connectivity index (χ3v) is 2.27. The summed E-state index contributed by atoms with van der Waals surface area (Å²) in [5, 5.41) is 2.85. The van der Waals surface area contributed by atoms with E-state index in [0.29, 0.717) is 6.04 Å². The number of likely N-dealkylation sites (N-methyl/N-ethyl adjacent to an activating group) is 1. The fourth-order valence-electron chi connectivity index (χ4n) is 1.70. The molecule has 0 bridgehead atoms. The Kier molecular flexibility index (Phi) is 3.54. The van der Waals surface area contributed by atoms with Gasteiger partial charge in [-0.25, -0.2) is 4.79 Å². The van der Waals surface area contributed by atoms with Crippen LogP contribution in [0.15, 0.2) is 0 Å². The average molecular weight is 185 g/mol. The molecule has 1 heterocycles. The van der Waals surface area contributed by atoms with Crippen molar-refractivity contribution in [3.05, 3.63) is 0 Å². The Balaban J connectivity index is 2.43. The van der Waals surface area contributed by atoms with E-state index in [2.05, 4.69) is 17.1 Å². The van der Waals surface area contributed by atoms with Crippen molar-refractivity contribution in [2.45, 2.75) is 19.4 Å². The summed E-state index contributed by atoms with van der Waals surface area (Å²) in [4.78, 5) is 15.4. The van der Waals surface area contributed by atoms with E-state index in [4.69, 9.17) is 0 Å². The Morgan fingerprint density at radius 3 is 2.85 bits per heavy atom. The lowest BCUT2D eigenvalue weighted by Gasteiger charge is -2.34. The minimum absolute atomic E-state index is 0.0839. The molecule has 0 aliphatic carbocycles. The topological polar surface area (TPSA) is 35.6 Å². The number of amides is 2. The first-order valence-corrected chi connectivity index (χ1v) is 4.80. The van der Waals surface area contributed by atoms with E-state index in [9.17, 15) is 4.79 Å². The van der Waals surface area contributed by atoms with E-state index in [0.717, 1.165) is 26.1 Å². The van der Waals surface area contributed by atoms with E-state index < -0.39 is 0 Å². The van der Waals surface area contributed by atoms with Crippen LogP contribution >= 0.6 is 0 Å². The number of nitrogens with one attached hydrogen (secondary N) is 1. The smallest absolute Gasteiger partial charge is 0.317 e. The van der Waals surface area contributed by atoms with Gasteiger partial charge in [-0.1, -0.05) is 0 Å². The van der Waals surface area contributed by atoms with Gasteiger partial charge in [0.25, 0.3) is 0 Å². The second kappa shape index (κ2) is 4.46. The van der Waals surface area contributed by atoms with Gasteiger partial charge >= 0.3 is 6.03 Å². The lowest BCUT2D eigenvalue weighted by molar-refractivity contribution is 0.153. The molecule has 4 heteroatoms. The van der Waals surface area contributed by atoms with E-state index in [1.165, 1.54) is 0 Å². The first-order chi connectivity index (χ1) is 6.11. The molecular formula is C9H19N3O. The second-order valence-electron chi connectivity index (χ2n) is 3.89. The van der Waals surface area contributed by atoms with Gasteiger partial charge in [-0.3, -0.25) is 0 Å². The first-order valence-electron chi connectivity index (χ1n) is 4.80. The van der Waals surface area contributed by atoms with Gasteiger partial charge in [0.05, 0.1) is 0 Å². The summed E-state index contributed by atoms with van der Waals surface area (Å²) in [6, 6.07) is 0.385. The molecule has 1 rings (SSSR count). The highest BCUT2D eigenvalue weighted by molar-refractivity contribution is 5.75. The van der Waals surface area contributed by atoms with Gasteiger partial charge in [0, 0.05) is 25.7 Å². The zero-order valence-corrected chi connectivity index (χ0v) is 8.71. The molecule has 0 radical (unpaired) electrons. The molecule has 1 aliphatic heterocycles. The molecule has 76 valence electrons. The van der Waals surface area contributed by atoms with Crippen LogP contribution in [0.1, 0.15) is 13.3 Å². The quantitative estimate of drug-likeness (QED) is 0.688. The maximum Gasteiger partial charge on any atom is 0.317 e. The molecule has 4 nitrogen and oxygen atoms in total. The van der Waals surface area contributed by atoms with Gasteiger partial charge in [0.2, 0.25) is 0 Å². The van der Waals surface area contributed by atoms with E-state index in [1.54, 1.807) is 0 Å². The normalized spacial score (nSPS) is 20.3. The average Bonchev–Trinajstić information content (AvgIpc) is 2.03. The summed E-state index contributed by atoms with van der Waals surface area (Å²) in [5.74, 6) is 0. The summed E-state index contributed by atoms with van der Waals surface area (Å²) in [7, 11) is 4.05. The molecule has 13 heavy (non-hydrogen) atoms. The second-order valence-corrected chi connectivity index (χ2v) is 3.89. The van der Waals surface area contributed by atoms with Gasteiger partial charge in [-0.05, 0) is 27.4 Å². The lowest BCUT2D eigenvalue weighted by Crippen LogP contribution is -2.52. The van der Waals surface area contributed by atoms with Gasteiger partial charge in [-0.2, -0.15) is 0 Å². The maximum atomic E-state index is 11.4. The first kappa shape index (κ1) is 10.3. The van der Waals surface area contributed by atoms with Crippen LogP contribution in [0.2, 0.25) is 0 Å². The fraction of sp³-hybridized carbons (Fsp3) is 0.889. The molecule has 0 saturated carbocycles. The third-order valence-electron chi connectivity index (χ3n) is 2.27. The SMILES string of the molecule is CC(CN(C)C)N1CCCNC1=O. The minimum atomic E-state index is 0.0839. The van der Waals surface area contributed by atoms with Crippen LogP contribution < -0.4 is 5.32 Å². The Labute approximate surface area is 79.9 Å². The van der Waals surface area contributed by atoms with Crippen LogP contribution in [0.3, 0.4) is 0 Å². The molecule has 0 aromatic rings. The highest BCUT2D eigenvalue weighted by Crippen LogP contribution is 2.05. The summed E-state index contributed by atoms with van der Waals surface area (Å²) < 4.78 is 0. The summed E-state index contributed by atoms with van der Waals surface area (Å²) in [6.07, 6.45) is 1.06. The Morgan fingerprint density at radius 2 is 2.31 bits per heavy atom. The Hall–Kier alpha value is -0.770. The Morgan fingerprint density at radius 1 is 1.62 bits per heavy atom. The molecule has 1 saturated heterocycles. The van der Waals surface area contributed by atoms with Crippen LogP contribution in [0, 0.1) is 0 Å². The molecular weight excluding hydrogens is 166 g/mol. The van der Waals surface area contributed by atoms with Gasteiger partial charge in [-0.15, -0.1) is 0 Å². The van der Waals surface area contributed by atoms with Crippen molar-refractivity contribution in [1.29, 1.82) is 0 Å². The van der Waals surface area contributed by atoms with Crippen molar-refractivity contribution in [1.82, 2.24) is 15.1 Å². The fourth-order valence-corrected chi connectivity index (χ4v) is 1.70. The van der Waals surface area contributed by atoms with E-state index >= 15 is 0 Å². The van der Waals surface area contributed by atoms with Gasteiger partial charge < -0.3 is 15.1 Å². The number of nitrogens with zero attached hydrogens (tertiary/aromatic N) is 2. The van der Waals surface area contributed by atoms with Crippen molar-refractivity contribution in [2.24, 2.45) is 0 Å². The largest absolute Gasteiger partial charge is 0.338 e. The molecule has 0 aromatic carbocycles. The summed E-state index contributed by atoms with van der Waals surface area (Å²) >= 11 is 0. The van der Waals surface area contributed by atoms with Crippen LogP contribution in [0.25, 0.3) is 0 Å². The predicted octanol–water partition coefficient (Wildman–Crippen LogP) is 0.352. The highest BCUT2D eigenvalue weighted by Gasteiger charge is 2.22. The molecule has 1 atom stereocenters.